The van der Waals surface area contributed by atoms with Crippen molar-refractivity contribution in [1.29, 1.82) is 0 Å². The van der Waals surface area contributed by atoms with Crippen molar-refractivity contribution in [3.8, 4) is 0 Å². The van der Waals surface area contributed by atoms with E-state index in [0.717, 1.165) is 5.69 Å². The second-order valence-electron chi connectivity index (χ2n) is 7.60. The van der Waals surface area contributed by atoms with Crippen LogP contribution in [-0.4, -0.2) is 62.3 Å². The fourth-order valence-corrected chi connectivity index (χ4v) is 3.98. The molecule has 0 atom stereocenters. The van der Waals surface area contributed by atoms with Gasteiger partial charge in [0.15, 0.2) is 0 Å². The molecule has 0 spiro atoms. The van der Waals surface area contributed by atoms with E-state index in [1.165, 1.54) is 17.0 Å². The molecule has 1 aromatic rings. The predicted molar refractivity (Wildman–Crippen MR) is 106 cm³/mol. The Hall–Kier alpha value is -2.04. The molecule has 27 heavy (non-hydrogen) atoms. The quantitative estimate of drug-likeness (QED) is 0.585. The standard InChI is InChI=1S/C17H27N3O6S/c1-17(2,3)26-16(21)18(4)12-13-11-14(20(22)23)5-6-15(13)19-7-9-27(24,25)10-8-19/h5-6,11,24-25H,7-10,12H2,1-4H3. The molecule has 1 fully saturated rings. The van der Waals surface area contributed by atoms with Crippen LogP contribution in [0.1, 0.15) is 26.3 Å². The van der Waals surface area contributed by atoms with Gasteiger partial charge < -0.3 is 14.5 Å². The van der Waals surface area contributed by atoms with E-state index in [0.29, 0.717) is 18.7 Å². The van der Waals surface area contributed by atoms with Gasteiger partial charge in [-0.25, -0.2) is 4.79 Å². The van der Waals surface area contributed by atoms with Crippen molar-refractivity contribution in [2.24, 2.45) is 0 Å². The molecule has 152 valence electrons. The molecule has 2 rings (SSSR count). The molecular weight excluding hydrogens is 374 g/mol. The van der Waals surface area contributed by atoms with Gasteiger partial charge in [-0.1, -0.05) is 0 Å². The average Bonchev–Trinajstić information content (AvgIpc) is 2.53. The van der Waals surface area contributed by atoms with Crippen molar-refractivity contribution >= 4 is 28.1 Å². The number of carbonyl (C=O) groups excluding carboxylic acids is 1. The van der Waals surface area contributed by atoms with Gasteiger partial charge in [-0.2, -0.15) is 10.6 Å². The Morgan fingerprint density at radius 1 is 1.33 bits per heavy atom. The van der Waals surface area contributed by atoms with Crippen LogP contribution >= 0.6 is 10.6 Å². The number of rotatable bonds is 4. The number of carbonyl (C=O) groups is 1. The van der Waals surface area contributed by atoms with E-state index in [4.69, 9.17) is 4.74 Å². The zero-order chi connectivity index (χ0) is 20.4. The number of anilines is 1. The number of non-ortho nitro benzene ring substituents is 1. The minimum atomic E-state index is -2.55. The summed E-state index contributed by atoms with van der Waals surface area (Å²) in [5.41, 5.74) is 0.646. The van der Waals surface area contributed by atoms with Crippen molar-refractivity contribution < 1.29 is 23.6 Å². The van der Waals surface area contributed by atoms with Crippen LogP contribution < -0.4 is 4.90 Å². The normalized spacial score (nSPS) is 17.9. The number of nitro groups is 1. The van der Waals surface area contributed by atoms with E-state index >= 15 is 0 Å². The summed E-state index contributed by atoms with van der Waals surface area (Å²) in [6.07, 6.45) is -0.521. The SMILES string of the molecule is CN(Cc1cc([N+](=O)[O-])ccc1N1CCS(O)(O)CC1)C(=O)OC(C)(C)C. The van der Waals surface area contributed by atoms with Crippen molar-refractivity contribution in [3.05, 3.63) is 33.9 Å². The summed E-state index contributed by atoms with van der Waals surface area (Å²) in [4.78, 5) is 26.3. The van der Waals surface area contributed by atoms with Crippen LogP contribution in [0, 0.1) is 10.1 Å². The van der Waals surface area contributed by atoms with E-state index in [1.807, 2.05) is 4.90 Å². The maximum atomic E-state index is 12.2. The van der Waals surface area contributed by atoms with E-state index in [9.17, 15) is 24.0 Å². The molecule has 1 aromatic carbocycles. The Morgan fingerprint density at radius 2 is 1.93 bits per heavy atom. The van der Waals surface area contributed by atoms with Gasteiger partial charge in [-0.05, 0) is 26.8 Å². The largest absolute Gasteiger partial charge is 0.444 e. The number of benzene rings is 1. The zero-order valence-electron chi connectivity index (χ0n) is 16.0. The summed E-state index contributed by atoms with van der Waals surface area (Å²) in [7, 11) is -0.976. The maximum absolute atomic E-state index is 12.2. The topological polar surface area (TPSA) is 116 Å². The van der Waals surface area contributed by atoms with E-state index in [1.54, 1.807) is 33.9 Å². The summed E-state index contributed by atoms with van der Waals surface area (Å²) in [5, 5.41) is 11.2. The third kappa shape index (κ3) is 5.98. The third-order valence-electron chi connectivity index (χ3n) is 4.10. The second kappa shape index (κ2) is 7.91. The molecule has 10 heteroatoms. The second-order valence-corrected chi connectivity index (χ2v) is 10.0. The highest BCUT2D eigenvalue weighted by Gasteiger charge is 2.26. The highest BCUT2D eigenvalue weighted by atomic mass is 32.3. The summed E-state index contributed by atoms with van der Waals surface area (Å²) < 4.78 is 24.9. The van der Waals surface area contributed by atoms with E-state index in [-0.39, 0.29) is 23.7 Å². The zero-order valence-corrected chi connectivity index (χ0v) is 16.9. The number of nitrogens with zero attached hydrogens (tertiary/aromatic N) is 3. The maximum Gasteiger partial charge on any atom is 0.410 e. The number of amides is 1. The van der Waals surface area contributed by atoms with Crippen molar-refractivity contribution in [2.75, 3.05) is 36.5 Å². The highest BCUT2D eigenvalue weighted by Crippen LogP contribution is 2.42. The summed E-state index contributed by atoms with van der Waals surface area (Å²) >= 11 is 0. The smallest absolute Gasteiger partial charge is 0.410 e. The van der Waals surface area contributed by atoms with Crippen molar-refractivity contribution in [1.82, 2.24) is 4.90 Å². The molecule has 1 aliphatic rings. The Balaban J connectivity index is 2.25. The number of hydrogen-bond donors (Lipinski definition) is 2. The molecule has 0 aliphatic carbocycles. The molecule has 9 nitrogen and oxygen atoms in total. The van der Waals surface area contributed by atoms with Gasteiger partial charge >= 0.3 is 6.09 Å². The molecule has 1 saturated heterocycles. The van der Waals surface area contributed by atoms with Crippen LogP contribution in [0.25, 0.3) is 0 Å². The molecule has 1 amide bonds. The minimum absolute atomic E-state index is 0.0624. The molecule has 2 N–H and O–H groups in total. The molecule has 0 saturated carbocycles. The lowest BCUT2D eigenvalue weighted by molar-refractivity contribution is -0.384. The van der Waals surface area contributed by atoms with Gasteiger partial charge in [-0.15, -0.1) is 0 Å². The molecule has 0 unspecified atom stereocenters. The Morgan fingerprint density at radius 3 is 2.44 bits per heavy atom. The summed E-state index contributed by atoms with van der Waals surface area (Å²) in [5.74, 6) is 0.511. The Kier molecular flexibility index (Phi) is 6.23. The van der Waals surface area contributed by atoms with Crippen LogP contribution in [0.3, 0.4) is 0 Å². The summed E-state index contributed by atoms with van der Waals surface area (Å²) in [6.45, 7) is 6.31. The summed E-state index contributed by atoms with van der Waals surface area (Å²) in [6, 6.07) is 4.51. The van der Waals surface area contributed by atoms with Crippen LogP contribution in [0.2, 0.25) is 0 Å². The van der Waals surface area contributed by atoms with Crippen molar-refractivity contribution in [3.63, 3.8) is 0 Å². The molecule has 0 bridgehead atoms. The van der Waals surface area contributed by atoms with Gasteiger partial charge in [-0.3, -0.25) is 19.2 Å². The number of nitro benzene ring substituents is 1. The lowest BCUT2D eigenvalue weighted by Gasteiger charge is -2.42. The third-order valence-corrected chi connectivity index (χ3v) is 5.78. The van der Waals surface area contributed by atoms with Gasteiger partial charge in [0.1, 0.15) is 5.60 Å². The molecule has 0 aromatic heterocycles. The van der Waals surface area contributed by atoms with Crippen LogP contribution in [0.15, 0.2) is 18.2 Å². The molecular formula is C17H27N3O6S. The highest BCUT2D eigenvalue weighted by molar-refractivity contribution is 8.24. The van der Waals surface area contributed by atoms with Gasteiger partial charge in [0.2, 0.25) is 0 Å². The van der Waals surface area contributed by atoms with Gasteiger partial charge in [0, 0.05) is 43.5 Å². The molecule has 1 heterocycles. The number of hydrogen-bond acceptors (Lipinski definition) is 7. The Labute approximate surface area is 160 Å². The van der Waals surface area contributed by atoms with E-state index in [2.05, 4.69) is 0 Å². The minimum Gasteiger partial charge on any atom is -0.444 e. The lowest BCUT2D eigenvalue weighted by atomic mass is 10.1. The van der Waals surface area contributed by atoms with Crippen LogP contribution in [-0.2, 0) is 11.3 Å². The van der Waals surface area contributed by atoms with E-state index < -0.39 is 27.2 Å². The van der Waals surface area contributed by atoms with Gasteiger partial charge in [0.05, 0.1) is 23.0 Å². The fourth-order valence-electron chi connectivity index (χ4n) is 2.75. The fraction of sp³-hybridized carbons (Fsp3) is 0.588. The first-order valence-corrected chi connectivity index (χ1v) is 10.5. The lowest BCUT2D eigenvalue weighted by Crippen LogP contribution is -2.39. The van der Waals surface area contributed by atoms with Crippen molar-refractivity contribution in [2.45, 2.75) is 32.9 Å². The first-order chi connectivity index (χ1) is 12.4. The predicted octanol–water partition coefficient (Wildman–Crippen LogP) is 3.53. The number of ether oxygens (including phenoxy) is 1. The Bertz CT molecular complexity index is 709. The first kappa shape index (κ1) is 21.3. The average molecular weight is 401 g/mol. The van der Waals surface area contributed by atoms with Crippen LogP contribution in [0.5, 0.6) is 0 Å². The molecule has 0 radical (unpaired) electrons. The first-order valence-electron chi connectivity index (χ1n) is 8.58. The monoisotopic (exact) mass is 401 g/mol. The van der Waals surface area contributed by atoms with Gasteiger partial charge in [0.25, 0.3) is 5.69 Å². The van der Waals surface area contributed by atoms with Crippen LogP contribution in [0.4, 0.5) is 16.2 Å². The molecule has 1 aliphatic heterocycles.